The molecule has 0 saturated carbocycles. The van der Waals surface area contributed by atoms with Gasteiger partial charge in [-0.15, -0.1) is 0 Å². The average molecular weight is 425 g/mol. The summed E-state index contributed by atoms with van der Waals surface area (Å²) >= 11 is 0. The van der Waals surface area contributed by atoms with Crippen molar-refractivity contribution in [2.24, 2.45) is 0 Å². The quantitative estimate of drug-likeness (QED) is 0.400. The van der Waals surface area contributed by atoms with Gasteiger partial charge in [0.15, 0.2) is 17.1 Å². The van der Waals surface area contributed by atoms with Crippen LogP contribution in [0.4, 0.5) is 5.69 Å². The minimum absolute atomic E-state index is 0.112. The Morgan fingerprint density at radius 1 is 1.06 bits per heavy atom. The van der Waals surface area contributed by atoms with E-state index in [1.165, 1.54) is 0 Å². The van der Waals surface area contributed by atoms with Gasteiger partial charge in [0.05, 0.1) is 22.8 Å². The first-order valence-corrected chi connectivity index (χ1v) is 10.5. The highest BCUT2D eigenvalue weighted by atomic mass is 16.3. The summed E-state index contributed by atoms with van der Waals surface area (Å²) in [6, 6.07) is 15.4. The predicted octanol–water partition coefficient (Wildman–Crippen LogP) is 5.69. The third-order valence-corrected chi connectivity index (χ3v) is 5.47. The summed E-state index contributed by atoms with van der Waals surface area (Å²) in [7, 11) is 0. The Morgan fingerprint density at radius 3 is 2.66 bits per heavy atom. The molecule has 2 aromatic carbocycles. The normalized spacial score (nSPS) is 11.5. The highest BCUT2D eigenvalue weighted by molar-refractivity contribution is 6.13. The summed E-state index contributed by atoms with van der Waals surface area (Å²) in [6.07, 6.45) is 1.71. The van der Waals surface area contributed by atoms with E-state index >= 15 is 0 Å². The van der Waals surface area contributed by atoms with Crippen LogP contribution in [0.2, 0.25) is 0 Å². The van der Waals surface area contributed by atoms with E-state index in [0.717, 1.165) is 16.8 Å². The topological polar surface area (TPSA) is 85.8 Å². The van der Waals surface area contributed by atoms with Crippen molar-refractivity contribution >= 4 is 33.7 Å². The van der Waals surface area contributed by atoms with Crippen molar-refractivity contribution in [1.82, 2.24) is 19.7 Å². The molecule has 0 radical (unpaired) electrons. The van der Waals surface area contributed by atoms with Gasteiger partial charge in [0.2, 0.25) is 0 Å². The Bertz CT molecular complexity index is 1480. The van der Waals surface area contributed by atoms with Crippen LogP contribution in [0, 0.1) is 13.8 Å². The number of amides is 1. The molecule has 3 aromatic heterocycles. The number of aromatic nitrogens is 4. The average Bonchev–Trinajstić information content (AvgIpc) is 3.35. The van der Waals surface area contributed by atoms with Crippen LogP contribution < -0.4 is 5.32 Å². The number of anilines is 1. The van der Waals surface area contributed by atoms with Gasteiger partial charge in [-0.3, -0.25) is 4.79 Å². The van der Waals surface area contributed by atoms with E-state index in [-0.39, 0.29) is 11.9 Å². The van der Waals surface area contributed by atoms with Crippen molar-refractivity contribution in [2.75, 3.05) is 5.32 Å². The Labute approximate surface area is 185 Å². The van der Waals surface area contributed by atoms with E-state index in [4.69, 9.17) is 9.40 Å². The van der Waals surface area contributed by atoms with Gasteiger partial charge in [-0.2, -0.15) is 5.10 Å². The lowest BCUT2D eigenvalue weighted by Gasteiger charge is -2.12. The van der Waals surface area contributed by atoms with E-state index in [1.807, 2.05) is 74.0 Å². The molecule has 32 heavy (non-hydrogen) atoms. The van der Waals surface area contributed by atoms with Crippen molar-refractivity contribution in [1.29, 1.82) is 0 Å². The van der Waals surface area contributed by atoms with Crippen molar-refractivity contribution < 1.29 is 9.21 Å². The highest BCUT2D eigenvalue weighted by Crippen LogP contribution is 2.29. The lowest BCUT2D eigenvalue weighted by atomic mass is 10.0. The van der Waals surface area contributed by atoms with E-state index < -0.39 is 0 Å². The molecule has 7 heteroatoms. The molecule has 0 spiro atoms. The Morgan fingerprint density at radius 2 is 1.88 bits per heavy atom. The summed E-state index contributed by atoms with van der Waals surface area (Å²) in [5.74, 6) is 0.360. The standard InChI is InChI=1S/C25H23N5O2/c1-14(2)30-24-20(13-26-30)19(12-21(29-24)18-8-6-5-7-15(18)3)25(31)28-17-9-10-23-22(11-17)27-16(4)32-23/h5-14H,1-4H3,(H,28,31). The highest BCUT2D eigenvalue weighted by Gasteiger charge is 2.19. The summed E-state index contributed by atoms with van der Waals surface area (Å²) in [5, 5.41) is 8.21. The van der Waals surface area contributed by atoms with Crippen molar-refractivity contribution in [3.05, 3.63) is 71.7 Å². The van der Waals surface area contributed by atoms with Gasteiger partial charge in [0, 0.05) is 24.2 Å². The molecule has 0 saturated heterocycles. The number of pyridine rings is 1. The fourth-order valence-corrected chi connectivity index (χ4v) is 3.90. The molecule has 0 atom stereocenters. The molecule has 160 valence electrons. The zero-order valence-electron chi connectivity index (χ0n) is 18.4. The predicted molar refractivity (Wildman–Crippen MR) is 125 cm³/mol. The minimum Gasteiger partial charge on any atom is -0.441 e. The third kappa shape index (κ3) is 3.41. The van der Waals surface area contributed by atoms with E-state index in [2.05, 4.69) is 15.4 Å². The minimum atomic E-state index is -0.227. The molecular formula is C25H23N5O2. The second-order valence-corrected chi connectivity index (χ2v) is 8.16. The van der Waals surface area contributed by atoms with Crippen LogP contribution in [0.3, 0.4) is 0 Å². The van der Waals surface area contributed by atoms with E-state index in [1.54, 1.807) is 13.1 Å². The van der Waals surface area contributed by atoms with Crippen molar-refractivity contribution in [3.63, 3.8) is 0 Å². The molecule has 5 rings (SSSR count). The number of oxazole rings is 1. The molecule has 3 heterocycles. The molecule has 0 bridgehead atoms. The van der Waals surface area contributed by atoms with E-state index in [9.17, 15) is 4.79 Å². The first-order valence-electron chi connectivity index (χ1n) is 10.5. The first kappa shape index (κ1) is 19.9. The number of benzene rings is 2. The smallest absolute Gasteiger partial charge is 0.256 e. The number of carbonyl (C=O) groups excluding carboxylic acids is 1. The SMILES string of the molecule is Cc1nc2cc(NC(=O)c3cc(-c4ccccc4C)nc4c3cnn4C(C)C)ccc2o1. The second-order valence-electron chi connectivity index (χ2n) is 8.16. The monoisotopic (exact) mass is 425 g/mol. The second kappa shape index (κ2) is 7.60. The van der Waals surface area contributed by atoms with E-state index in [0.29, 0.717) is 39.3 Å². The van der Waals surface area contributed by atoms with Gasteiger partial charge in [-0.05, 0) is 50.6 Å². The van der Waals surface area contributed by atoms with Crippen molar-refractivity contribution in [3.8, 4) is 11.3 Å². The number of nitrogens with zero attached hydrogens (tertiary/aromatic N) is 4. The third-order valence-electron chi connectivity index (χ3n) is 5.47. The number of hydrogen-bond acceptors (Lipinski definition) is 5. The fraction of sp³-hybridized carbons (Fsp3) is 0.200. The fourth-order valence-electron chi connectivity index (χ4n) is 3.90. The summed E-state index contributed by atoms with van der Waals surface area (Å²) in [4.78, 5) is 22.6. The van der Waals surface area contributed by atoms with Gasteiger partial charge in [-0.1, -0.05) is 24.3 Å². The number of nitrogens with one attached hydrogen (secondary N) is 1. The lowest BCUT2D eigenvalue weighted by Crippen LogP contribution is -2.13. The maximum Gasteiger partial charge on any atom is 0.256 e. The van der Waals surface area contributed by atoms with Crippen LogP contribution in [-0.2, 0) is 0 Å². The molecule has 0 aliphatic heterocycles. The van der Waals surface area contributed by atoms with Crippen LogP contribution >= 0.6 is 0 Å². The van der Waals surface area contributed by atoms with Crippen LogP contribution in [0.5, 0.6) is 0 Å². The summed E-state index contributed by atoms with van der Waals surface area (Å²) in [6.45, 7) is 7.92. The van der Waals surface area contributed by atoms with Crippen LogP contribution in [-0.4, -0.2) is 25.7 Å². The molecule has 0 fully saturated rings. The van der Waals surface area contributed by atoms with Gasteiger partial charge in [-0.25, -0.2) is 14.6 Å². The zero-order valence-corrected chi connectivity index (χ0v) is 18.4. The number of hydrogen-bond donors (Lipinski definition) is 1. The number of carbonyl (C=O) groups is 1. The first-order chi connectivity index (χ1) is 15.4. The molecule has 1 N–H and O–H groups in total. The van der Waals surface area contributed by atoms with Crippen LogP contribution in [0.15, 0.2) is 59.1 Å². The Balaban J connectivity index is 1.62. The summed E-state index contributed by atoms with van der Waals surface area (Å²) in [5.41, 5.74) is 6.07. The molecule has 1 amide bonds. The van der Waals surface area contributed by atoms with Gasteiger partial charge < -0.3 is 9.73 Å². The molecule has 5 aromatic rings. The molecule has 7 nitrogen and oxygen atoms in total. The largest absolute Gasteiger partial charge is 0.441 e. The summed E-state index contributed by atoms with van der Waals surface area (Å²) < 4.78 is 7.37. The molecule has 0 unspecified atom stereocenters. The van der Waals surface area contributed by atoms with Crippen molar-refractivity contribution in [2.45, 2.75) is 33.7 Å². The molecule has 0 aliphatic rings. The zero-order chi connectivity index (χ0) is 22.4. The molecular weight excluding hydrogens is 402 g/mol. The molecule has 0 aliphatic carbocycles. The number of aryl methyl sites for hydroxylation is 2. The van der Waals surface area contributed by atoms with Gasteiger partial charge >= 0.3 is 0 Å². The number of rotatable bonds is 4. The number of fused-ring (bicyclic) bond motifs is 2. The lowest BCUT2D eigenvalue weighted by molar-refractivity contribution is 0.102. The maximum absolute atomic E-state index is 13.4. The van der Waals surface area contributed by atoms with Crippen LogP contribution in [0.25, 0.3) is 33.4 Å². The van der Waals surface area contributed by atoms with Gasteiger partial charge in [0.1, 0.15) is 5.52 Å². The van der Waals surface area contributed by atoms with Gasteiger partial charge in [0.25, 0.3) is 5.91 Å². The Hall–Kier alpha value is -4.00. The Kier molecular flexibility index (Phi) is 4.74. The van der Waals surface area contributed by atoms with Crippen LogP contribution in [0.1, 0.15) is 41.7 Å². The maximum atomic E-state index is 13.4.